The molecule has 0 amide bonds. The van der Waals surface area contributed by atoms with Crippen molar-refractivity contribution in [1.82, 2.24) is 5.32 Å². The molecule has 0 heterocycles. The molecule has 0 fully saturated rings. The average Bonchev–Trinajstić information content (AvgIpc) is 2.48. The SMILES string of the molecule is COc1ccc(CNCc2ccc(F)cc2C(F)(F)F)cc1O. The zero-order chi connectivity index (χ0) is 17.0. The van der Waals surface area contributed by atoms with Gasteiger partial charge in [-0.3, -0.25) is 0 Å². The Labute approximate surface area is 130 Å². The number of halogens is 4. The minimum atomic E-state index is -4.61. The number of methoxy groups -OCH3 is 1. The number of phenolic OH excluding ortho intramolecular Hbond substituents is 1. The molecular weight excluding hydrogens is 314 g/mol. The molecule has 2 rings (SSSR count). The van der Waals surface area contributed by atoms with Crippen LogP contribution in [0.3, 0.4) is 0 Å². The van der Waals surface area contributed by atoms with E-state index in [1.807, 2.05) is 0 Å². The number of ether oxygens (including phenoxy) is 1. The van der Waals surface area contributed by atoms with Crippen LogP contribution in [-0.2, 0) is 19.3 Å². The maximum absolute atomic E-state index is 13.0. The molecule has 2 aromatic carbocycles. The Bertz CT molecular complexity index is 686. The van der Waals surface area contributed by atoms with Crippen LogP contribution in [0.25, 0.3) is 0 Å². The highest BCUT2D eigenvalue weighted by Gasteiger charge is 2.33. The molecule has 3 nitrogen and oxygen atoms in total. The second-order valence-electron chi connectivity index (χ2n) is 4.91. The molecule has 0 aromatic heterocycles. The summed E-state index contributed by atoms with van der Waals surface area (Å²) in [6, 6.07) is 7.28. The lowest BCUT2D eigenvalue weighted by atomic mass is 10.1. The van der Waals surface area contributed by atoms with Gasteiger partial charge in [0.25, 0.3) is 0 Å². The Morgan fingerprint density at radius 1 is 1.09 bits per heavy atom. The molecule has 0 spiro atoms. The van der Waals surface area contributed by atoms with Gasteiger partial charge in [0, 0.05) is 13.1 Å². The number of hydrogen-bond donors (Lipinski definition) is 2. The molecule has 2 aromatic rings. The standard InChI is InChI=1S/C16H15F4NO2/c1-23-15-5-2-10(6-14(15)22)8-21-9-11-3-4-12(17)7-13(11)16(18,19)20/h2-7,21-22H,8-9H2,1H3. The highest BCUT2D eigenvalue weighted by Crippen LogP contribution is 2.32. The van der Waals surface area contributed by atoms with E-state index in [1.165, 1.54) is 13.2 Å². The molecule has 0 saturated heterocycles. The average molecular weight is 329 g/mol. The molecule has 0 aliphatic carbocycles. The fourth-order valence-corrected chi connectivity index (χ4v) is 2.15. The van der Waals surface area contributed by atoms with Crippen LogP contribution in [-0.4, -0.2) is 12.2 Å². The van der Waals surface area contributed by atoms with Crippen LogP contribution in [0.15, 0.2) is 36.4 Å². The fourth-order valence-electron chi connectivity index (χ4n) is 2.15. The van der Waals surface area contributed by atoms with Gasteiger partial charge in [-0.05, 0) is 35.4 Å². The molecule has 0 unspecified atom stereocenters. The van der Waals surface area contributed by atoms with Crippen LogP contribution < -0.4 is 10.1 Å². The van der Waals surface area contributed by atoms with E-state index < -0.39 is 17.6 Å². The summed E-state index contributed by atoms with van der Waals surface area (Å²) in [4.78, 5) is 0. The number of aromatic hydroxyl groups is 1. The molecular formula is C16H15F4NO2. The number of benzene rings is 2. The van der Waals surface area contributed by atoms with Crippen molar-refractivity contribution in [1.29, 1.82) is 0 Å². The monoisotopic (exact) mass is 329 g/mol. The molecule has 0 radical (unpaired) electrons. The summed E-state index contributed by atoms with van der Waals surface area (Å²) in [5, 5.41) is 12.5. The van der Waals surface area contributed by atoms with Gasteiger partial charge in [-0.1, -0.05) is 12.1 Å². The smallest absolute Gasteiger partial charge is 0.416 e. The highest BCUT2D eigenvalue weighted by molar-refractivity contribution is 5.41. The summed E-state index contributed by atoms with van der Waals surface area (Å²) in [6.45, 7) is 0.161. The molecule has 7 heteroatoms. The second-order valence-corrected chi connectivity index (χ2v) is 4.91. The van der Waals surface area contributed by atoms with Crippen molar-refractivity contribution < 1.29 is 27.4 Å². The quantitative estimate of drug-likeness (QED) is 0.819. The number of nitrogens with one attached hydrogen (secondary N) is 1. The van der Waals surface area contributed by atoms with Gasteiger partial charge in [-0.2, -0.15) is 13.2 Å². The van der Waals surface area contributed by atoms with Crippen molar-refractivity contribution in [2.24, 2.45) is 0 Å². The van der Waals surface area contributed by atoms with Crippen molar-refractivity contribution in [2.75, 3.05) is 7.11 Å². The molecule has 0 aliphatic heterocycles. The van der Waals surface area contributed by atoms with Crippen molar-refractivity contribution in [3.8, 4) is 11.5 Å². The zero-order valence-corrected chi connectivity index (χ0v) is 12.2. The molecule has 0 bridgehead atoms. The van der Waals surface area contributed by atoms with Crippen molar-refractivity contribution in [2.45, 2.75) is 19.3 Å². The lowest BCUT2D eigenvalue weighted by Crippen LogP contribution is -2.17. The topological polar surface area (TPSA) is 41.5 Å². The molecule has 2 N–H and O–H groups in total. The first kappa shape index (κ1) is 17.1. The minimum Gasteiger partial charge on any atom is -0.504 e. The number of phenols is 1. The fraction of sp³-hybridized carbons (Fsp3) is 0.250. The Hall–Kier alpha value is -2.28. The largest absolute Gasteiger partial charge is 0.504 e. The minimum absolute atomic E-state index is 0.0448. The number of alkyl halides is 3. The van der Waals surface area contributed by atoms with Gasteiger partial charge in [0.1, 0.15) is 5.82 Å². The Balaban J connectivity index is 2.06. The molecule has 0 saturated carbocycles. The summed E-state index contributed by atoms with van der Waals surface area (Å²) in [6.07, 6.45) is -4.61. The van der Waals surface area contributed by atoms with E-state index in [0.29, 0.717) is 17.4 Å². The van der Waals surface area contributed by atoms with Crippen molar-refractivity contribution in [3.63, 3.8) is 0 Å². The first-order valence-electron chi connectivity index (χ1n) is 6.73. The van der Waals surface area contributed by atoms with Gasteiger partial charge in [-0.25, -0.2) is 4.39 Å². The lowest BCUT2D eigenvalue weighted by molar-refractivity contribution is -0.138. The summed E-state index contributed by atoms with van der Waals surface area (Å²) in [7, 11) is 1.42. The van der Waals surface area contributed by atoms with Gasteiger partial charge in [0.15, 0.2) is 11.5 Å². The maximum Gasteiger partial charge on any atom is 0.416 e. The maximum atomic E-state index is 13.0. The van der Waals surface area contributed by atoms with Crippen LogP contribution in [0.5, 0.6) is 11.5 Å². The first-order valence-corrected chi connectivity index (χ1v) is 6.73. The third-order valence-corrected chi connectivity index (χ3v) is 3.27. The van der Waals surface area contributed by atoms with Gasteiger partial charge in [0.2, 0.25) is 0 Å². The van der Waals surface area contributed by atoms with Gasteiger partial charge in [-0.15, -0.1) is 0 Å². The summed E-state index contributed by atoms with van der Waals surface area (Å²) < 4.78 is 56.5. The Kier molecular flexibility index (Phi) is 5.10. The van der Waals surface area contributed by atoms with Crippen molar-refractivity contribution >= 4 is 0 Å². The van der Waals surface area contributed by atoms with Crippen LogP contribution >= 0.6 is 0 Å². The summed E-state index contributed by atoms with van der Waals surface area (Å²) >= 11 is 0. The predicted molar refractivity (Wildman–Crippen MR) is 76.6 cm³/mol. The molecule has 0 aliphatic rings. The van der Waals surface area contributed by atoms with Crippen LogP contribution in [0, 0.1) is 5.82 Å². The summed E-state index contributed by atoms with van der Waals surface area (Å²) in [5.74, 6) is -0.669. The van der Waals surface area contributed by atoms with Gasteiger partial charge >= 0.3 is 6.18 Å². The van der Waals surface area contributed by atoms with Crippen LogP contribution in [0.1, 0.15) is 16.7 Å². The lowest BCUT2D eigenvalue weighted by Gasteiger charge is -2.14. The number of rotatable bonds is 5. The van der Waals surface area contributed by atoms with E-state index >= 15 is 0 Å². The Morgan fingerprint density at radius 2 is 1.83 bits per heavy atom. The second kappa shape index (κ2) is 6.87. The molecule has 23 heavy (non-hydrogen) atoms. The van der Waals surface area contributed by atoms with Gasteiger partial charge in [0.05, 0.1) is 12.7 Å². The summed E-state index contributed by atoms with van der Waals surface area (Å²) in [5.41, 5.74) is -0.363. The third-order valence-electron chi connectivity index (χ3n) is 3.27. The zero-order valence-electron chi connectivity index (χ0n) is 12.2. The van der Waals surface area contributed by atoms with Gasteiger partial charge < -0.3 is 15.2 Å². The van der Waals surface area contributed by atoms with E-state index in [2.05, 4.69) is 5.32 Å². The van der Waals surface area contributed by atoms with E-state index in [1.54, 1.807) is 12.1 Å². The van der Waals surface area contributed by atoms with Crippen LogP contribution in [0.4, 0.5) is 17.6 Å². The predicted octanol–water partition coefficient (Wildman–Crippen LogP) is 3.85. The number of hydrogen-bond acceptors (Lipinski definition) is 3. The van der Waals surface area contributed by atoms with E-state index in [9.17, 15) is 22.7 Å². The third kappa shape index (κ3) is 4.35. The Morgan fingerprint density at radius 3 is 2.43 bits per heavy atom. The normalized spacial score (nSPS) is 11.5. The molecule has 124 valence electrons. The van der Waals surface area contributed by atoms with E-state index in [0.717, 1.165) is 12.1 Å². The van der Waals surface area contributed by atoms with E-state index in [-0.39, 0.29) is 24.4 Å². The van der Waals surface area contributed by atoms with Crippen LogP contribution in [0.2, 0.25) is 0 Å². The molecule has 0 atom stereocenters. The van der Waals surface area contributed by atoms with Crippen molar-refractivity contribution in [3.05, 3.63) is 58.9 Å². The first-order chi connectivity index (χ1) is 10.8. The van der Waals surface area contributed by atoms with E-state index in [4.69, 9.17) is 4.74 Å². The highest BCUT2D eigenvalue weighted by atomic mass is 19.4.